The number of fused-ring (bicyclic) bond motifs is 1. The summed E-state index contributed by atoms with van der Waals surface area (Å²) < 4.78 is 5.32. The predicted molar refractivity (Wildman–Crippen MR) is 159 cm³/mol. The van der Waals surface area contributed by atoms with Crippen LogP contribution in [0, 0.1) is 5.92 Å². The third-order valence-corrected chi connectivity index (χ3v) is 7.14. The molecule has 2 aromatic rings. The van der Waals surface area contributed by atoms with Gasteiger partial charge in [-0.3, -0.25) is 14.4 Å². The Morgan fingerprint density at radius 3 is 2.48 bits per heavy atom. The molecule has 0 aromatic heterocycles. The molecule has 10 heteroatoms. The Kier molecular flexibility index (Phi) is 12.8. The number of halogens is 1. The van der Waals surface area contributed by atoms with E-state index in [1.807, 2.05) is 42.5 Å². The van der Waals surface area contributed by atoms with Gasteiger partial charge in [0, 0.05) is 33.0 Å². The summed E-state index contributed by atoms with van der Waals surface area (Å²) in [5.74, 6) is -0.581. The van der Waals surface area contributed by atoms with Crippen molar-refractivity contribution in [3.63, 3.8) is 0 Å². The molecule has 0 bridgehead atoms. The maximum absolute atomic E-state index is 13.5. The normalized spacial score (nSPS) is 17.9. The van der Waals surface area contributed by atoms with Gasteiger partial charge >= 0.3 is 0 Å². The van der Waals surface area contributed by atoms with E-state index in [9.17, 15) is 19.5 Å². The lowest BCUT2D eigenvalue weighted by Gasteiger charge is -2.32. The van der Waals surface area contributed by atoms with Crippen molar-refractivity contribution >= 4 is 40.9 Å². The second kappa shape index (κ2) is 15.3. The third kappa shape index (κ3) is 9.16. The Balaban J connectivity index is 0.00000560. The zero-order chi connectivity index (χ0) is 28.6. The minimum atomic E-state index is -1.14. The van der Waals surface area contributed by atoms with Crippen LogP contribution in [-0.4, -0.2) is 84.8 Å². The Hall–Kier alpha value is -2.72. The Bertz CT molecular complexity index is 1140. The molecule has 0 spiro atoms. The topological polar surface area (TPSA) is 120 Å². The molecule has 222 valence electrons. The van der Waals surface area contributed by atoms with E-state index in [1.54, 1.807) is 13.8 Å². The molecule has 3 amide bonds. The summed E-state index contributed by atoms with van der Waals surface area (Å²) in [6.45, 7) is 9.75. The Morgan fingerprint density at radius 1 is 1.10 bits per heavy atom. The quantitative estimate of drug-likeness (QED) is 0.272. The summed E-state index contributed by atoms with van der Waals surface area (Å²) in [7, 11) is 1.43. The zero-order valence-electron chi connectivity index (χ0n) is 24.2. The van der Waals surface area contributed by atoms with Crippen LogP contribution in [0.4, 0.5) is 0 Å². The van der Waals surface area contributed by atoms with Crippen LogP contribution in [0.15, 0.2) is 42.5 Å². The van der Waals surface area contributed by atoms with Gasteiger partial charge < -0.3 is 30.7 Å². The number of likely N-dealkylation sites (tertiary alicyclic amines) is 1. The fourth-order valence-electron chi connectivity index (χ4n) is 4.74. The molecule has 1 fully saturated rings. The van der Waals surface area contributed by atoms with Crippen molar-refractivity contribution in [2.24, 2.45) is 5.92 Å². The lowest BCUT2D eigenvalue weighted by molar-refractivity contribution is -0.154. The molecule has 1 heterocycles. The van der Waals surface area contributed by atoms with E-state index in [0.29, 0.717) is 18.9 Å². The molecular formula is C30H45ClN4O5. The van der Waals surface area contributed by atoms with Crippen molar-refractivity contribution in [1.82, 2.24) is 20.9 Å². The van der Waals surface area contributed by atoms with E-state index in [1.165, 1.54) is 12.0 Å². The second-order valence-electron chi connectivity index (χ2n) is 11.3. The number of nitrogens with zero attached hydrogens (tertiary/aromatic N) is 1. The number of hydrogen-bond donors (Lipinski definition) is 4. The first-order valence-electron chi connectivity index (χ1n) is 13.8. The second-order valence-corrected chi connectivity index (χ2v) is 11.3. The third-order valence-electron chi connectivity index (χ3n) is 7.14. The molecule has 1 aliphatic rings. The number of rotatable bonds is 13. The highest BCUT2D eigenvalue weighted by atomic mass is 35.5. The minimum Gasteiger partial charge on any atom is -0.391 e. The molecule has 1 saturated heterocycles. The van der Waals surface area contributed by atoms with Crippen LogP contribution in [0.1, 0.15) is 46.1 Å². The molecule has 40 heavy (non-hydrogen) atoms. The number of amides is 3. The number of benzene rings is 2. The van der Waals surface area contributed by atoms with Gasteiger partial charge in [-0.25, -0.2) is 0 Å². The van der Waals surface area contributed by atoms with Crippen molar-refractivity contribution in [3.8, 4) is 0 Å². The SMILES string of the molecule is COC(C)(C)C(=O)N1C[C@H](O)C[C@H]1C(=O)N[C@H](Cc1ccc2ccccc2c1)C(=O)NCCCNCC(C)C.Cl. The van der Waals surface area contributed by atoms with Gasteiger partial charge in [0.05, 0.1) is 6.10 Å². The molecule has 4 N–H and O–H groups in total. The van der Waals surface area contributed by atoms with Crippen molar-refractivity contribution in [2.45, 2.75) is 70.7 Å². The first-order valence-corrected chi connectivity index (χ1v) is 13.8. The number of aliphatic hydroxyl groups excluding tert-OH is 1. The van der Waals surface area contributed by atoms with Gasteiger partial charge in [-0.05, 0) is 55.6 Å². The van der Waals surface area contributed by atoms with Crippen LogP contribution in [0.3, 0.4) is 0 Å². The number of β-amino-alcohol motifs (C(OH)–C–C–N with tert-alkyl or cyclic N) is 1. The summed E-state index contributed by atoms with van der Waals surface area (Å²) >= 11 is 0. The average Bonchev–Trinajstić information content (AvgIpc) is 3.30. The average molecular weight is 577 g/mol. The number of ether oxygens (including phenoxy) is 1. The number of aliphatic hydroxyl groups is 1. The number of carbonyl (C=O) groups excluding carboxylic acids is 3. The summed E-state index contributed by atoms with van der Waals surface area (Å²) in [4.78, 5) is 41.2. The molecule has 3 rings (SSSR count). The van der Waals surface area contributed by atoms with Gasteiger partial charge in [-0.1, -0.05) is 56.3 Å². The number of methoxy groups -OCH3 is 1. The van der Waals surface area contributed by atoms with Gasteiger partial charge in [0.1, 0.15) is 17.7 Å². The Morgan fingerprint density at radius 2 is 1.80 bits per heavy atom. The summed E-state index contributed by atoms with van der Waals surface area (Å²) in [5.41, 5.74) is -0.235. The number of hydrogen-bond acceptors (Lipinski definition) is 6. The maximum atomic E-state index is 13.5. The summed E-state index contributed by atoms with van der Waals surface area (Å²) in [6, 6.07) is 12.2. The zero-order valence-corrected chi connectivity index (χ0v) is 25.1. The number of nitrogens with one attached hydrogen (secondary N) is 3. The molecule has 0 aliphatic carbocycles. The highest BCUT2D eigenvalue weighted by molar-refractivity contribution is 5.94. The van der Waals surface area contributed by atoms with Gasteiger partial charge in [0.25, 0.3) is 5.91 Å². The van der Waals surface area contributed by atoms with Crippen molar-refractivity contribution in [2.75, 3.05) is 33.3 Å². The Labute approximate surface area is 243 Å². The van der Waals surface area contributed by atoms with E-state index < -0.39 is 29.7 Å². The molecule has 0 saturated carbocycles. The van der Waals surface area contributed by atoms with Crippen molar-refractivity contribution in [1.29, 1.82) is 0 Å². The van der Waals surface area contributed by atoms with Gasteiger partial charge in [0.2, 0.25) is 11.8 Å². The lowest BCUT2D eigenvalue weighted by Crippen LogP contribution is -2.56. The fourth-order valence-corrected chi connectivity index (χ4v) is 4.74. The van der Waals surface area contributed by atoms with E-state index >= 15 is 0 Å². The predicted octanol–water partition coefficient (Wildman–Crippen LogP) is 2.43. The molecule has 2 aromatic carbocycles. The van der Waals surface area contributed by atoms with Crippen LogP contribution in [0.5, 0.6) is 0 Å². The molecule has 0 radical (unpaired) electrons. The van der Waals surface area contributed by atoms with Crippen LogP contribution in [0.2, 0.25) is 0 Å². The molecular weight excluding hydrogens is 532 g/mol. The highest BCUT2D eigenvalue weighted by Gasteiger charge is 2.44. The van der Waals surface area contributed by atoms with Crippen molar-refractivity contribution < 1.29 is 24.2 Å². The first kappa shape index (κ1) is 33.5. The van der Waals surface area contributed by atoms with E-state index in [2.05, 4.69) is 29.8 Å². The van der Waals surface area contributed by atoms with E-state index in [-0.39, 0.29) is 37.2 Å². The van der Waals surface area contributed by atoms with Gasteiger partial charge in [0.15, 0.2) is 0 Å². The van der Waals surface area contributed by atoms with Crippen LogP contribution >= 0.6 is 12.4 Å². The van der Waals surface area contributed by atoms with Gasteiger partial charge in [-0.15, -0.1) is 12.4 Å². The monoisotopic (exact) mass is 576 g/mol. The van der Waals surface area contributed by atoms with E-state index in [4.69, 9.17) is 4.74 Å². The minimum absolute atomic E-state index is 0. The van der Waals surface area contributed by atoms with Crippen LogP contribution in [-0.2, 0) is 25.5 Å². The maximum Gasteiger partial charge on any atom is 0.254 e. The van der Waals surface area contributed by atoms with Crippen LogP contribution < -0.4 is 16.0 Å². The molecule has 3 atom stereocenters. The largest absolute Gasteiger partial charge is 0.391 e. The number of carbonyl (C=O) groups is 3. The van der Waals surface area contributed by atoms with Crippen molar-refractivity contribution in [3.05, 3.63) is 48.0 Å². The fraction of sp³-hybridized carbons (Fsp3) is 0.567. The molecule has 9 nitrogen and oxygen atoms in total. The van der Waals surface area contributed by atoms with Crippen LogP contribution in [0.25, 0.3) is 10.8 Å². The van der Waals surface area contributed by atoms with Gasteiger partial charge in [-0.2, -0.15) is 0 Å². The first-order chi connectivity index (χ1) is 18.5. The lowest BCUT2D eigenvalue weighted by atomic mass is 10.0. The van der Waals surface area contributed by atoms with E-state index in [0.717, 1.165) is 35.8 Å². The standard InChI is InChI=1S/C30H44N4O5.ClH/c1-20(2)18-31-13-8-14-32-27(36)25(16-21-11-12-22-9-6-7-10-23(22)15-21)33-28(37)26-17-24(35)19-34(26)29(38)30(3,4)39-5;/h6-7,9-12,15,20,24-26,31,35H,8,13-14,16-19H2,1-5H3,(H,32,36)(H,33,37);1H/t24-,25-,26+;/m1./s1. The smallest absolute Gasteiger partial charge is 0.254 e. The summed E-state index contributed by atoms with van der Waals surface area (Å²) in [5, 5.41) is 21.6. The molecule has 0 unspecified atom stereocenters. The highest BCUT2D eigenvalue weighted by Crippen LogP contribution is 2.24. The summed E-state index contributed by atoms with van der Waals surface area (Å²) in [6.07, 6.45) is 0.325. The molecule has 1 aliphatic heterocycles.